The van der Waals surface area contributed by atoms with Crippen molar-refractivity contribution in [1.82, 2.24) is 15.5 Å². The maximum atomic E-state index is 13.7. The molecule has 0 bridgehead atoms. The van der Waals surface area contributed by atoms with Gasteiger partial charge in [-0.25, -0.2) is 8.78 Å². The van der Waals surface area contributed by atoms with Gasteiger partial charge in [-0.05, 0) is 57.4 Å². The Morgan fingerprint density at radius 1 is 1.29 bits per heavy atom. The number of rotatable bonds is 4. The highest BCUT2D eigenvalue weighted by Crippen LogP contribution is 2.34. The zero-order valence-electron chi connectivity index (χ0n) is 14.2. The van der Waals surface area contributed by atoms with E-state index in [-0.39, 0.29) is 30.1 Å². The molecule has 0 spiro atoms. The normalized spacial score (nSPS) is 27.8. The quantitative estimate of drug-likeness (QED) is 0.886. The molecule has 2 fully saturated rings. The first-order valence-electron chi connectivity index (χ1n) is 8.72. The standard InChI is InChI=1S/C18H25F2N3O/c1-11(2)23-9-7-15(22-18(24)16-4-3-8-21-16)17(23)12-5-6-13(19)14(20)10-12/h5-6,10-11,15-17,21H,3-4,7-9H2,1-2H3,(H,22,24)/t15-,16+,17-/m0/s1. The van der Waals surface area contributed by atoms with Crippen LogP contribution in [0.5, 0.6) is 0 Å². The number of benzene rings is 1. The molecule has 2 N–H and O–H groups in total. The van der Waals surface area contributed by atoms with Gasteiger partial charge in [0.2, 0.25) is 5.91 Å². The van der Waals surface area contributed by atoms with Crippen molar-refractivity contribution in [2.45, 2.75) is 57.3 Å². The highest BCUT2D eigenvalue weighted by molar-refractivity contribution is 5.82. The third-order valence-corrected chi connectivity index (χ3v) is 5.09. The predicted molar refractivity (Wildman–Crippen MR) is 88.5 cm³/mol. The molecule has 0 saturated carbocycles. The summed E-state index contributed by atoms with van der Waals surface area (Å²) in [5.41, 5.74) is 0.713. The highest BCUT2D eigenvalue weighted by atomic mass is 19.2. The Morgan fingerprint density at radius 2 is 2.08 bits per heavy atom. The molecule has 0 radical (unpaired) electrons. The second-order valence-corrected chi connectivity index (χ2v) is 7.00. The van der Waals surface area contributed by atoms with E-state index in [2.05, 4.69) is 29.4 Å². The fourth-order valence-electron chi connectivity index (χ4n) is 3.86. The average Bonchev–Trinajstić information content (AvgIpc) is 3.19. The molecule has 2 aliphatic heterocycles. The molecule has 3 rings (SSSR count). The molecule has 24 heavy (non-hydrogen) atoms. The number of carbonyl (C=O) groups is 1. The van der Waals surface area contributed by atoms with E-state index in [0.29, 0.717) is 5.56 Å². The van der Waals surface area contributed by atoms with Crippen LogP contribution in [0.4, 0.5) is 8.78 Å². The molecule has 0 aliphatic carbocycles. The molecule has 0 unspecified atom stereocenters. The molecular formula is C18H25F2N3O. The zero-order valence-corrected chi connectivity index (χ0v) is 14.2. The van der Waals surface area contributed by atoms with Crippen LogP contribution < -0.4 is 10.6 Å². The van der Waals surface area contributed by atoms with E-state index in [0.717, 1.165) is 32.4 Å². The number of carbonyl (C=O) groups excluding carboxylic acids is 1. The van der Waals surface area contributed by atoms with E-state index >= 15 is 0 Å². The lowest BCUT2D eigenvalue weighted by Gasteiger charge is -2.32. The van der Waals surface area contributed by atoms with Crippen LogP contribution in [0.1, 0.15) is 44.7 Å². The van der Waals surface area contributed by atoms with Gasteiger partial charge in [-0.3, -0.25) is 9.69 Å². The molecule has 1 aromatic rings. The van der Waals surface area contributed by atoms with Crippen LogP contribution in [0.3, 0.4) is 0 Å². The van der Waals surface area contributed by atoms with Gasteiger partial charge in [0.15, 0.2) is 11.6 Å². The summed E-state index contributed by atoms with van der Waals surface area (Å²) in [6, 6.07) is 3.94. The number of nitrogens with zero attached hydrogens (tertiary/aromatic N) is 1. The number of hydrogen-bond acceptors (Lipinski definition) is 3. The minimum atomic E-state index is -0.844. The van der Waals surface area contributed by atoms with Crippen LogP contribution in [-0.2, 0) is 4.79 Å². The van der Waals surface area contributed by atoms with Gasteiger partial charge in [-0.2, -0.15) is 0 Å². The smallest absolute Gasteiger partial charge is 0.237 e. The van der Waals surface area contributed by atoms with E-state index in [4.69, 9.17) is 0 Å². The van der Waals surface area contributed by atoms with Crippen molar-refractivity contribution in [2.75, 3.05) is 13.1 Å². The Hall–Kier alpha value is -1.53. The van der Waals surface area contributed by atoms with Crippen molar-refractivity contribution in [3.05, 3.63) is 35.4 Å². The molecule has 2 heterocycles. The molecule has 1 amide bonds. The maximum absolute atomic E-state index is 13.7. The molecule has 0 aromatic heterocycles. The van der Waals surface area contributed by atoms with Crippen molar-refractivity contribution < 1.29 is 13.6 Å². The van der Waals surface area contributed by atoms with E-state index in [1.54, 1.807) is 6.07 Å². The van der Waals surface area contributed by atoms with Gasteiger partial charge in [-0.15, -0.1) is 0 Å². The van der Waals surface area contributed by atoms with Crippen molar-refractivity contribution in [2.24, 2.45) is 0 Å². The Balaban J connectivity index is 1.81. The van der Waals surface area contributed by atoms with Gasteiger partial charge in [0.25, 0.3) is 0 Å². The van der Waals surface area contributed by atoms with E-state index in [1.807, 2.05) is 0 Å². The second-order valence-electron chi connectivity index (χ2n) is 7.00. The van der Waals surface area contributed by atoms with Gasteiger partial charge in [0.05, 0.1) is 12.1 Å². The van der Waals surface area contributed by atoms with Gasteiger partial charge in [-0.1, -0.05) is 6.07 Å². The fourth-order valence-corrected chi connectivity index (χ4v) is 3.86. The SMILES string of the molecule is CC(C)N1CC[C@H](NC(=O)[C@H]2CCCN2)[C@@H]1c1ccc(F)c(F)c1. The third kappa shape index (κ3) is 3.44. The predicted octanol–water partition coefficient (Wildman–Crippen LogP) is 2.36. The van der Waals surface area contributed by atoms with Crippen molar-refractivity contribution in [1.29, 1.82) is 0 Å². The molecular weight excluding hydrogens is 312 g/mol. The zero-order chi connectivity index (χ0) is 17.3. The fraction of sp³-hybridized carbons (Fsp3) is 0.611. The second kappa shape index (κ2) is 7.15. The lowest BCUT2D eigenvalue weighted by Crippen LogP contribution is -2.47. The molecule has 2 aliphatic rings. The first kappa shape index (κ1) is 17.3. The molecule has 1 aromatic carbocycles. The summed E-state index contributed by atoms with van der Waals surface area (Å²) in [6.45, 7) is 5.85. The highest BCUT2D eigenvalue weighted by Gasteiger charge is 2.38. The van der Waals surface area contributed by atoms with Crippen molar-refractivity contribution in [3.63, 3.8) is 0 Å². The summed E-state index contributed by atoms with van der Waals surface area (Å²) in [5.74, 6) is -1.68. The molecule has 3 atom stereocenters. The number of likely N-dealkylation sites (tertiary alicyclic amines) is 1. The largest absolute Gasteiger partial charge is 0.350 e. The minimum Gasteiger partial charge on any atom is -0.350 e. The summed E-state index contributed by atoms with van der Waals surface area (Å²) in [4.78, 5) is 14.7. The minimum absolute atomic E-state index is 0.00990. The average molecular weight is 337 g/mol. The topological polar surface area (TPSA) is 44.4 Å². The van der Waals surface area contributed by atoms with Gasteiger partial charge < -0.3 is 10.6 Å². The van der Waals surface area contributed by atoms with Crippen molar-refractivity contribution in [3.8, 4) is 0 Å². The van der Waals surface area contributed by atoms with Crippen LogP contribution in [0.15, 0.2) is 18.2 Å². The van der Waals surface area contributed by atoms with Crippen LogP contribution in [-0.4, -0.2) is 42.0 Å². The van der Waals surface area contributed by atoms with E-state index in [9.17, 15) is 13.6 Å². The summed E-state index contributed by atoms with van der Waals surface area (Å²) in [7, 11) is 0. The Morgan fingerprint density at radius 3 is 2.71 bits per heavy atom. The van der Waals surface area contributed by atoms with Crippen molar-refractivity contribution >= 4 is 5.91 Å². The van der Waals surface area contributed by atoms with E-state index < -0.39 is 11.6 Å². The number of halogens is 2. The van der Waals surface area contributed by atoms with Crippen LogP contribution in [0.2, 0.25) is 0 Å². The monoisotopic (exact) mass is 337 g/mol. The Labute approximate surface area is 141 Å². The summed E-state index contributed by atoms with van der Waals surface area (Å²) < 4.78 is 27.0. The van der Waals surface area contributed by atoms with E-state index in [1.165, 1.54) is 12.1 Å². The van der Waals surface area contributed by atoms with Gasteiger partial charge in [0.1, 0.15) is 0 Å². The molecule has 132 valence electrons. The lowest BCUT2D eigenvalue weighted by molar-refractivity contribution is -0.123. The first-order valence-corrected chi connectivity index (χ1v) is 8.72. The first-order chi connectivity index (χ1) is 11.5. The molecule has 2 saturated heterocycles. The summed E-state index contributed by atoms with van der Waals surface area (Å²) in [6.07, 6.45) is 2.66. The Kier molecular flexibility index (Phi) is 5.15. The third-order valence-electron chi connectivity index (χ3n) is 5.09. The van der Waals surface area contributed by atoms with Gasteiger partial charge in [0, 0.05) is 18.6 Å². The number of amides is 1. The maximum Gasteiger partial charge on any atom is 0.237 e. The van der Waals surface area contributed by atoms with Gasteiger partial charge >= 0.3 is 0 Å². The Bertz CT molecular complexity index is 602. The molecule has 4 nitrogen and oxygen atoms in total. The van der Waals surface area contributed by atoms with Crippen LogP contribution in [0, 0.1) is 11.6 Å². The molecule has 6 heteroatoms. The lowest BCUT2D eigenvalue weighted by atomic mass is 9.98. The number of hydrogen-bond donors (Lipinski definition) is 2. The van der Waals surface area contributed by atoms with Crippen LogP contribution in [0.25, 0.3) is 0 Å². The number of nitrogens with one attached hydrogen (secondary N) is 2. The summed E-state index contributed by atoms with van der Waals surface area (Å²) >= 11 is 0. The summed E-state index contributed by atoms with van der Waals surface area (Å²) in [5, 5.41) is 6.33. The van der Waals surface area contributed by atoms with Crippen LogP contribution >= 0.6 is 0 Å².